The van der Waals surface area contributed by atoms with Crippen LogP contribution in [0, 0.1) is 6.07 Å². The van der Waals surface area contributed by atoms with Crippen LogP contribution in [0.3, 0.4) is 0 Å². The second-order valence-electron chi connectivity index (χ2n) is 7.63. The first-order valence-corrected chi connectivity index (χ1v) is 10.4. The van der Waals surface area contributed by atoms with E-state index < -0.39 is 0 Å². The molecular formula is C29H19IrN2-. The summed E-state index contributed by atoms with van der Waals surface area (Å²) in [6.07, 6.45) is 1.82. The summed E-state index contributed by atoms with van der Waals surface area (Å²) in [6.45, 7) is 0. The van der Waals surface area contributed by atoms with Crippen molar-refractivity contribution in [3.63, 3.8) is 0 Å². The summed E-state index contributed by atoms with van der Waals surface area (Å²) in [4.78, 5) is 4.50. The van der Waals surface area contributed by atoms with Crippen LogP contribution in [0.15, 0.2) is 115 Å². The fourth-order valence-electron chi connectivity index (χ4n) is 4.32. The monoisotopic (exact) mass is 588 g/mol. The summed E-state index contributed by atoms with van der Waals surface area (Å²) in [7, 11) is 0. The number of aromatic nitrogens is 2. The molecule has 0 atom stereocenters. The van der Waals surface area contributed by atoms with Gasteiger partial charge in [0, 0.05) is 37.1 Å². The number of pyridine rings is 1. The van der Waals surface area contributed by atoms with Gasteiger partial charge in [-0.3, -0.25) is 0 Å². The Balaban J connectivity index is 0.00000216. The normalized spacial score (nSPS) is 10.9. The summed E-state index contributed by atoms with van der Waals surface area (Å²) >= 11 is 0. The van der Waals surface area contributed by atoms with Gasteiger partial charge in [0.05, 0.1) is 11.0 Å². The number of hydrogen-bond acceptors (Lipinski definition) is 1. The molecule has 0 saturated heterocycles. The quantitative estimate of drug-likeness (QED) is 0.199. The van der Waals surface area contributed by atoms with E-state index in [4.69, 9.17) is 0 Å². The first kappa shape index (κ1) is 20.4. The van der Waals surface area contributed by atoms with Crippen LogP contribution in [-0.2, 0) is 20.1 Å². The maximum Gasteiger partial charge on any atom is 0.0524 e. The summed E-state index contributed by atoms with van der Waals surface area (Å²) in [5.74, 6) is 0. The molecule has 0 aliphatic rings. The molecule has 3 heteroatoms. The number of para-hydroxylation sites is 1. The standard InChI is InChI=1S/C29H19N2.Ir/c1-2-9-21(10-3-1)22-16-17-29-26(20-22)25-13-4-5-15-28(25)31(29)24-12-8-11-23(19-24)27-14-6-7-18-30-27;/h1-10,12-20H;/q-1;. The third kappa shape index (κ3) is 3.46. The Hall–Kier alpha value is -3.52. The van der Waals surface area contributed by atoms with Crippen molar-refractivity contribution in [3.8, 4) is 28.1 Å². The van der Waals surface area contributed by atoms with Gasteiger partial charge >= 0.3 is 0 Å². The van der Waals surface area contributed by atoms with Crippen LogP contribution in [0.2, 0.25) is 0 Å². The minimum Gasteiger partial charge on any atom is -0.327 e. The van der Waals surface area contributed by atoms with E-state index in [9.17, 15) is 0 Å². The van der Waals surface area contributed by atoms with Gasteiger partial charge in [-0.2, -0.15) is 0 Å². The van der Waals surface area contributed by atoms with Crippen LogP contribution in [0.25, 0.3) is 49.9 Å². The van der Waals surface area contributed by atoms with E-state index in [0.29, 0.717) is 0 Å². The Morgan fingerprint density at radius 1 is 0.625 bits per heavy atom. The van der Waals surface area contributed by atoms with Crippen LogP contribution < -0.4 is 0 Å². The molecule has 32 heavy (non-hydrogen) atoms. The second-order valence-corrected chi connectivity index (χ2v) is 7.63. The summed E-state index contributed by atoms with van der Waals surface area (Å²) < 4.78 is 2.33. The van der Waals surface area contributed by atoms with Gasteiger partial charge in [0.1, 0.15) is 0 Å². The fourth-order valence-corrected chi connectivity index (χ4v) is 4.32. The maximum atomic E-state index is 4.50. The Labute approximate surface area is 200 Å². The smallest absolute Gasteiger partial charge is 0.0524 e. The molecule has 2 aromatic heterocycles. The van der Waals surface area contributed by atoms with Crippen molar-refractivity contribution in [2.75, 3.05) is 0 Å². The van der Waals surface area contributed by atoms with Crippen LogP contribution in [-0.4, -0.2) is 9.55 Å². The van der Waals surface area contributed by atoms with Crippen LogP contribution in [0.1, 0.15) is 0 Å². The zero-order valence-electron chi connectivity index (χ0n) is 17.2. The molecule has 0 aliphatic heterocycles. The van der Waals surface area contributed by atoms with E-state index in [1.165, 1.54) is 32.9 Å². The Morgan fingerprint density at radius 2 is 1.41 bits per heavy atom. The van der Waals surface area contributed by atoms with E-state index in [1.807, 2.05) is 30.5 Å². The van der Waals surface area contributed by atoms with E-state index in [0.717, 1.165) is 16.9 Å². The largest absolute Gasteiger partial charge is 0.327 e. The molecule has 6 rings (SSSR count). The molecule has 0 aliphatic carbocycles. The molecule has 0 bridgehead atoms. The van der Waals surface area contributed by atoms with Gasteiger partial charge in [0.15, 0.2) is 0 Å². The average Bonchev–Trinajstić information content (AvgIpc) is 3.19. The van der Waals surface area contributed by atoms with Gasteiger partial charge in [0.25, 0.3) is 0 Å². The molecule has 0 amide bonds. The van der Waals surface area contributed by atoms with Crippen molar-refractivity contribution >= 4 is 21.8 Å². The predicted molar refractivity (Wildman–Crippen MR) is 128 cm³/mol. The number of nitrogens with zero attached hydrogens (tertiary/aromatic N) is 2. The van der Waals surface area contributed by atoms with Crippen molar-refractivity contribution in [2.24, 2.45) is 0 Å². The van der Waals surface area contributed by atoms with Gasteiger partial charge in [0.2, 0.25) is 0 Å². The molecule has 1 radical (unpaired) electrons. The maximum absolute atomic E-state index is 4.50. The van der Waals surface area contributed by atoms with Crippen LogP contribution >= 0.6 is 0 Å². The summed E-state index contributed by atoms with van der Waals surface area (Å²) in [5, 5.41) is 2.51. The molecule has 0 spiro atoms. The van der Waals surface area contributed by atoms with Crippen molar-refractivity contribution in [2.45, 2.75) is 0 Å². The first-order valence-electron chi connectivity index (χ1n) is 10.4. The third-order valence-electron chi connectivity index (χ3n) is 5.76. The molecule has 2 nitrogen and oxygen atoms in total. The molecule has 6 aromatic rings. The minimum atomic E-state index is 0. The molecule has 0 saturated carbocycles. The van der Waals surface area contributed by atoms with E-state index in [2.05, 4.69) is 101 Å². The van der Waals surface area contributed by atoms with Crippen LogP contribution in [0.5, 0.6) is 0 Å². The van der Waals surface area contributed by atoms with Gasteiger partial charge in [-0.15, -0.1) is 29.8 Å². The van der Waals surface area contributed by atoms with Crippen molar-refractivity contribution in [3.05, 3.63) is 121 Å². The average molecular weight is 588 g/mol. The summed E-state index contributed by atoms with van der Waals surface area (Å²) in [6, 6.07) is 41.5. The fraction of sp³-hybridized carbons (Fsp3) is 0. The van der Waals surface area contributed by atoms with Gasteiger partial charge < -0.3 is 9.55 Å². The molecule has 4 aromatic carbocycles. The van der Waals surface area contributed by atoms with Gasteiger partial charge in [-0.05, 0) is 46.8 Å². The number of benzene rings is 4. The second kappa shape index (κ2) is 8.55. The molecule has 155 valence electrons. The zero-order chi connectivity index (χ0) is 20.6. The minimum absolute atomic E-state index is 0. The number of fused-ring (bicyclic) bond motifs is 3. The topological polar surface area (TPSA) is 17.8 Å². The SMILES string of the molecule is [Ir].[c-]1ccc(-n2c3ccccc3c3cc(-c4ccccc4)ccc32)cc1-c1ccccn1. The first-order chi connectivity index (χ1) is 15.4. The van der Waals surface area contributed by atoms with Gasteiger partial charge in [-0.25, -0.2) is 0 Å². The summed E-state index contributed by atoms with van der Waals surface area (Å²) in [5.41, 5.74) is 7.87. The van der Waals surface area contributed by atoms with E-state index in [1.54, 1.807) is 0 Å². The third-order valence-corrected chi connectivity index (χ3v) is 5.76. The van der Waals surface area contributed by atoms with Crippen molar-refractivity contribution in [1.29, 1.82) is 0 Å². The molecule has 0 N–H and O–H groups in total. The molecule has 2 heterocycles. The Bertz CT molecular complexity index is 1520. The zero-order valence-corrected chi connectivity index (χ0v) is 19.6. The molecule has 0 fully saturated rings. The predicted octanol–water partition coefficient (Wildman–Crippen LogP) is 7.31. The van der Waals surface area contributed by atoms with E-state index in [-0.39, 0.29) is 20.1 Å². The number of rotatable bonds is 3. The Kier molecular flexibility index (Phi) is 5.44. The van der Waals surface area contributed by atoms with Crippen LogP contribution in [0.4, 0.5) is 0 Å². The number of hydrogen-bond donors (Lipinski definition) is 0. The molecule has 0 unspecified atom stereocenters. The van der Waals surface area contributed by atoms with Gasteiger partial charge in [-0.1, -0.05) is 66.7 Å². The van der Waals surface area contributed by atoms with Crippen molar-refractivity contribution < 1.29 is 20.1 Å². The molecular weight excluding hydrogens is 569 g/mol. The van der Waals surface area contributed by atoms with Crippen molar-refractivity contribution in [1.82, 2.24) is 9.55 Å². The Morgan fingerprint density at radius 3 is 2.25 bits per heavy atom. The van der Waals surface area contributed by atoms with E-state index >= 15 is 0 Å².